The van der Waals surface area contributed by atoms with E-state index in [-0.39, 0.29) is 11.4 Å². The molecule has 0 aliphatic heterocycles. The summed E-state index contributed by atoms with van der Waals surface area (Å²) < 4.78 is 24.4. The van der Waals surface area contributed by atoms with Crippen LogP contribution in [0.5, 0.6) is 0 Å². The molecule has 0 saturated heterocycles. The first kappa shape index (κ1) is 18.7. The Bertz CT molecular complexity index is 846. The van der Waals surface area contributed by atoms with E-state index in [4.69, 9.17) is 0 Å². The predicted molar refractivity (Wildman–Crippen MR) is 95.9 cm³/mol. The number of aryl methyl sites for hydroxylation is 1. The number of carbonyl (C=O) groups is 2. The summed E-state index contributed by atoms with van der Waals surface area (Å²) in [6.07, 6.45) is 0. The Balaban J connectivity index is 1.93. The van der Waals surface area contributed by atoms with Crippen molar-refractivity contribution >= 4 is 27.3 Å². The molecule has 0 heterocycles. The van der Waals surface area contributed by atoms with Crippen molar-refractivity contribution in [2.75, 3.05) is 24.7 Å². The summed E-state index contributed by atoms with van der Waals surface area (Å²) in [6.45, 7) is 1.71. The Morgan fingerprint density at radius 2 is 1.60 bits per heavy atom. The first-order chi connectivity index (χ1) is 11.8. The van der Waals surface area contributed by atoms with E-state index in [1.165, 1.54) is 19.2 Å². The van der Waals surface area contributed by atoms with Crippen molar-refractivity contribution in [1.29, 1.82) is 0 Å². The van der Waals surface area contributed by atoms with E-state index in [1.54, 1.807) is 30.3 Å². The molecule has 0 aliphatic rings. The predicted octanol–water partition coefficient (Wildman–Crippen LogP) is 1.87. The van der Waals surface area contributed by atoms with Gasteiger partial charge in [-0.1, -0.05) is 35.9 Å². The molecule has 0 aliphatic carbocycles. The summed E-state index contributed by atoms with van der Waals surface area (Å²) in [6, 6.07) is 15.0. The van der Waals surface area contributed by atoms with Crippen molar-refractivity contribution in [3.63, 3.8) is 0 Å². The van der Waals surface area contributed by atoms with Gasteiger partial charge in [0.2, 0.25) is 11.8 Å². The average molecular weight is 360 g/mol. The topological polar surface area (TPSA) is 83.6 Å². The number of likely N-dealkylation sites (N-methyl/N-ethyl adjacent to an activating group) is 1. The lowest BCUT2D eigenvalue weighted by Gasteiger charge is -2.17. The van der Waals surface area contributed by atoms with E-state index in [2.05, 4.69) is 5.32 Å². The molecule has 2 aromatic carbocycles. The van der Waals surface area contributed by atoms with Crippen LogP contribution in [0.15, 0.2) is 59.5 Å². The van der Waals surface area contributed by atoms with Crippen molar-refractivity contribution in [2.24, 2.45) is 0 Å². The van der Waals surface area contributed by atoms with Crippen LogP contribution in [0, 0.1) is 6.92 Å². The SMILES string of the molecule is Cc1ccc(NC(=O)CN(C)C(=O)CS(=O)(=O)c2ccccc2)cc1. The largest absolute Gasteiger partial charge is 0.336 e. The number of rotatable bonds is 6. The van der Waals surface area contributed by atoms with E-state index >= 15 is 0 Å². The fraction of sp³-hybridized carbons (Fsp3) is 0.222. The first-order valence-electron chi connectivity index (χ1n) is 7.66. The third-order valence-corrected chi connectivity index (χ3v) is 5.18. The Hall–Kier alpha value is -2.67. The molecule has 0 spiro atoms. The minimum absolute atomic E-state index is 0.0841. The van der Waals surface area contributed by atoms with Crippen molar-refractivity contribution in [3.8, 4) is 0 Å². The number of hydrogen-bond acceptors (Lipinski definition) is 4. The number of benzene rings is 2. The highest BCUT2D eigenvalue weighted by Crippen LogP contribution is 2.11. The highest BCUT2D eigenvalue weighted by molar-refractivity contribution is 7.92. The molecule has 0 saturated carbocycles. The summed E-state index contributed by atoms with van der Waals surface area (Å²) in [5.74, 6) is -1.70. The molecule has 0 aromatic heterocycles. The van der Waals surface area contributed by atoms with Gasteiger partial charge in [0.25, 0.3) is 0 Å². The van der Waals surface area contributed by atoms with Gasteiger partial charge in [-0.15, -0.1) is 0 Å². The number of carbonyl (C=O) groups excluding carboxylic acids is 2. The average Bonchev–Trinajstić information content (AvgIpc) is 2.57. The van der Waals surface area contributed by atoms with Gasteiger partial charge in [-0.3, -0.25) is 9.59 Å². The molecule has 0 bridgehead atoms. The maximum absolute atomic E-state index is 12.2. The quantitative estimate of drug-likeness (QED) is 0.852. The lowest BCUT2D eigenvalue weighted by molar-refractivity contribution is -0.131. The molecule has 7 heteroatoms. The van der Waals surface area contributed by atoms with E-state index in [9.17, 15) is 18.0 Å². The zero-order valence-corrected chi connectivity index (χ0v) is 14.9. The van der Waals surface area contributed by atoms with Crippen LogP contribution in [-0.2, 0) is 19.4 Å². The van der Waals surface area contributed by atoms with Gasteiger partial charge in [-0.2, -0.15) is 0 Å². The zero-order chi connectivity index (χ0) is 18.4. The van der Waals surface area contributed by atoms with Crippen molar-refractivity contribution in [3.05, 3.63) is 60.2 Å². The molecule has 132 valence electrons. The molecule has 6 nitrogen and oxygen atoms in total. The third kappa shape index (κ3) is 5.42. The second-order valence-electron chi connectivity index (χ2n) is 5.74. The Morgan fingerprint density at radius 1 is 1.00 bits per heavy atom. The maximum atomic E-state index is 12.2. The lowest BCUT2D eigenvalue weighted by atomic mass is 10.2. The van der Waals surface area contributed by atoms with Crippen LogP contribution in [-0.4, -0.2) is 44.5 Å². The van der Waals surface area contributed by atoms with E-state index in [1.807, 2.05) is 19.1 Å². The second kappa shape index (κ2) is 7.94. The van der Waals surface area contributed by atoms with Gasteiger partial charge in [-0.05, 0) is 31.2 Å². The van der Waals surface area contributed by atoms with Crippen LogP contribution in [0.25, 0.3) is 0 Å². The van der Waals surface area contributed by atoms with Crippen LogP contribution in [0.4, 0.5) is 5.69 Å². The standard InChI is InChI=1S/C18H20N2O4S/c1-14-8-10-15(11-9-14)19-17(21)12-20(2)18(22)13-25(23,24)16-6-4-3-5-7-16/h3-11H,12-13H2,1-2H3,(H,19,21). The van der Waals surface area contributed by atoms with Crippen molar-refractivity contribution < 1.29 is 18.0 Å². The fourth-order valence-electron chi connectivity index (χ4n) is 2.12. The molecular formula is C18H20N2O4S. The monoisotopic (exact) mass is 360 g/mol. The van der Waals surface area contributed by atoms with Gasteiger partial charge in [0.15, 0.2) is 9.84 Å². The Morgan fingerprint density at radius 3 is 2.20 bits per heavy atom. The summed E-state index contributed by atoms with van der Waals surface area (Å²) in [7, 11) is -2.33. The molecule has 25 heavy (non-hydrogen) atoms. The lowest BCUT2D eigenvalue weighted by Crippen LogP contribution is -2.38. The number of hydrogen-bond donors (Lipinski definition) is 1. The van der Waals surface area contributed by atoms with Crippen molar-refractivity contribution in [1.82, 2.24) is 4.90 Å². The van der Waals surface area contributed by atoms with Gasteiger partial charge in [-0.25, -0.2) is 8.42 Å². The zero-order valence-electron chi connectivity index (χ0n) is 14.1. The fourth-order valence-corrected chi connectivity index (χ4v) is 3.41. The molecule has 2 rings (SSSR count). The summed E-state index contributed by atoms with van der Waals surface area (Å²) in [5.41, 5.74) is 1.68. The van der Waals surface area contributed by atoms with Crippen LogP contribution in [0.1, 0.15) is 5.56 Å². The van der Waals surface area contributed by atoms with Gasteiger partial charge < -0.3 is 10.2 Å². The summed E-state index contributed by atoms with van der Waals surface area (Å²) in [4.78, 5) is 25.3. The highest BCUT2D eigenvalue weighted by atomic mass is 32.2. The van der Waals surface area contributed by atoms with Crippen LogP contribution in [0.2, 0.25) is 0 Å². The van der Waals surface area contributed by atoms with Gasteiger partial charge in [0, 0.05) is 12.7 Å². The second-order valence-corrected chi connectivity index (χ2v) is 7.73. The Labute approximate surface area is 147 Å². The molecule has 0 fully saturated rings. The molecular weight excluding hydrogens is 340 g/mol. The summed E-state index contributed by atoms with van der Waals surface area (Å²) in [5, 5.41) is 2.67. The molecule has 2 aromatic rings. The number of amides is 2. The third-order valence-electron chi connectivity index (χ3n) is 3.56. The van der Waals surface area contributed by atoms with Crippen molar-refractivity contribution in [2.45, 2.75) is 11.8 Å². The summed E-state index contributed by atoms with van der Waals surface area (Å²) >= 11 is 0. The molecule has 0 unspecified atom stereocenters. The molecule has 0 radical (unpaired) electrons. The molecule has 1 N–H and O–H groups in total. The minimum Gasteiger partial charge on any atom is -0.336 e. The number of sulfone groups is 1. The maximum Gasteiger partial charge on any atom is 0.243 e. The first-order valence-corrected chi connectivity index (χ1v) is 9.31. The number of anilines is 1. The van der Waals surface area contributed by atoms with Gasteiger partial charge in [0.05, 0.1) is 11.4 Å². The van der Waals surface area contributed by atoms with Crippen LogP contribution < -0.4 is 5.32 Å². The van der Waals surface area contributed by atoms with Crippen LogP contribution in [0.3, 0.4) is 0 Å². The van der Waals surface area contributed by atoms with E-state index in [0.717, 1.165) is 10.5 Å². The normalized spacial score (nSPS) is 11.0. The minimum atomic E-state index is -3.73. The van der Waals surface area contributed by atoms with Gasteiger partial charge in [0.1, 0.15) is 5.75 Å². The van der Waals surface area contributed by atoms with Crippen LogP contribution >= 0.6 is 0 Å². The van der Waals surface area contributed by atoms with E-state index in [0.29, 0.717) is 5.69 Å². The molecule has 0 atom stereocenters. The Kier molecular flexibility index (Phi) is 5.93. The molecule has 2 amide bonds. The van der Waals surface area contributed by atoms with E-state index < -0.39 is 27.4 Å². The smallest absolute Gasteiger partial charge is 0.243 e. The van der Waals surface area contributed by atoms with Gasteiger partial charge >= 0.3 is 0 Å². The highest BCUT2D eigenvalue weighted by Gasteiger charge is 2.22. The number of nitrogens with one attached hydrogen (secondary N) is 1. The number of nitrogens with zero attached hydrogens (tertiary/aromatic N) is 1.